The van der Waals surface area contributed by atoms with E-state index >= 15 is 0 Å². The van der Waals surface area contributed by atoms with E-state index < -0.39 is 0 Å². The van der Waals surface area contributed by atoms with Crippen LogP contribution in [0, 0.1) is 5.82 Å². The van der Waals surface area contributed by atoms with Crippen LogP contribution in [-0.4, -0.2) is 13.1 Å². The molecule has 0 bridgehead atoms. The van der Waals surface area contributed by atoms with E-state index in [1.165, 1.54) is 16.7 Å². The number of hydrogen-bond acceptors (Lipinski definition) is 1. The van der Waals surface area contributed by atoms with Crippen LogP contribution in [0.4, 0.5) is 4.39 Å². The maximum atomic E-state index is 13.0. The van der Waals surface area contributed by atoms with Crippen LogP contribution in [0.1, 0.15) is 22.6 Å². The number of nitrogens with one attached hydrogen (secondary N) is 1. The van der Waals surface area contributed by atoms with Crippen LogP contribution in [0.25, 0.3) is 0 Å². The van der Waals surface area contributed by atoms with E-state index in [2.05, 4.69) is 29.6 Å². The summed E-state index contributed by atoms with van der Waals surface area (Å²) in [6.45, 7) is 1.93. The van der Waals surface area contributed by atoms with Crippen LogP contribution in [0.5, 0.6) is 0 Å². The lowest BCUT2D eigenvalue weighted by atomic mass is 9.88. The molecule has 0 saturated heterocycles. The van der Waals surface area contributed by atoms with Crippen molar-refractivity contribution < 1.29 is 4.39 Å². The molecule has 2 aromatic carbocycles. The van der Waals surface area contributed by atoms with Crippen LogP contribution < -0.4 is 5.32 Å². The number of rotatable bonds is 1. The molecule has 1 N–H and O–H groups in total. The molecule has 1 aliphatic heterocycles. The first-order valence-electron chi connectivity index (χ1n) is 6.38. The number of hydrogen-bond donors (Lipinski definition) is 1. The van der Waals surface area contributed by atoms with Crippen molar-refractivity contribution >= 4 is 0 Å². The summed E-state index contributed by atoms with van der Waals surface area (Å²) < 4.78 is 13.0. The summed E-state index contributed by atoms with van der Waals surface area (Å²) in [5.41, 5.74) is 3.95. The SMILES string of the molecule is Fc1ccc([C@H]2CNCCc3ccccc32)cc1. The second-order valence-electron chi connectivity index (χ2n) is 4.76. The topological polar surface area (TPSA) is 12.0 Å². The molecule has 92 valence electrons. The molecule has 18 heavy (non-hydrogen) atoms. The van der Waals surface area contributed by atoms with Gasteiger partial charge in [0.15, 0.2) is 0 Å². The van der Waals surface area contributed by atoms with Gasteiger partial charge >= 0.3 is 0 Å². The molecule has 0 saturated carbocycles. The van der Waals surface area contributed by atoms with Crippen LogP contribution >= 0.6 is 0 Å². The van der Waals surface area contributed by atoms with Crippen LogP contribution in [0.3, 0.4) is 0 Å². The normalized spacial score (nSPS) is 19.1. The van der Waals surface area contributed by atoms with Crippen molar-refractivity contribution in [2.45, 2.75) is 12.3 Å². The molecule has 1 aliphatic rings. The zero-order valence-electron chi connectivity index (χ0n) is 10.2. The third-order valence-electron chi connectivity index (χ3n) is 3.62. The van der Waals surface area contributed by atoms with Gasteiger partial charge in [-0.2, -0.15) is 0 Å². The molecule has 2 aromatic rings. The predicted molar refractivity (Wildman–Crippen MR) is 71.3 cm³/mol. The predicted octanol–water partition coefficient (Wildman–Crippen LogP) is 3.10. The van der Waals surface area contributed by atoms with Gasteiger partial charge in [0.1, 0.15) is 5.82 Å². The monoisotopic (exact) mass is 241 g/mol. The highest BCUT2D eigenvalue weighted by molar-refractivity contribution is 5.39. The smallest absolute Gasteiger partial charge is 0.123 e. The Kier molecular flexibility index (Phi) is 3.11. The van der Waals surface area contributed by atoms with E-state index in [9.17, 15) is 4.39 Å². The molecule has 0 aromatic heterocycles. The molecule has 0 spiro atoms. The molecule has 0 radical (unpaired) electrons. The van der Waals surface area contributed by atoms with E-state index in [4.69, 9.17) is 0 Å². The third kappa shape index (κ3) is 2.16. The Morgan fingerprint density at radius 2 is 1.78 bits per heavy atom. The van der Waals surface area contributed by atoms with Gasteiger partial charge in [-0.15, -0.1) is 0 Å². The first kappa shape index (κ1) is 11.4. The zero-order chi connectivity index (χ0) is 12.4. The second-order valence-corrected chi connectivity index (χ2v) is 4.76. The molecule has 0 unspecified atom stereocenters. The van der Waals surface area contributed by atoms with Gasteiger partial charge in [0, 0.05) is 12.5 Å². The Morgan fingerprint density at radius 3 is 2.61 bits per heavy atom. The van der Waals surface area contributed by atoms with Crippen LogP contribution in [-0.2, 0) is 6.42 Å². The van der Waals surface area contributed by atoms with E-state index in [1.807, 2.05) is 12.1 Å². The van der Waals surface area contributed by atoms with Gasteiger partial charge in [-0.3, -0.25) is 0 Å². The summed E-state index contributed by atoms with van der Waals surface area (Å²) in [6, 6.07) is 15.4. The fraction of sp³-hybridized carbons (Fsp3) is 0.250. The largest absolute Gasteiger partial charge is 0.315 e. The molecular formula is C16H16FN. The molecule has 1 atom stereocenters. The Hall–Kier alpha value is -1.67. The van der Waals surface area contributed by atoms with Crippen molar-refractivity contribution in [3.05, 3.63) is 71.0 Å². The Balaban J connectivity index is 2.03. The lowest BCUT2D eigenvalue weighted by molar-refractivity contribution is 0.623. The van der Waals surface area contributed by atoms with Crippen molar-refractivity contribution in [2.24, 2.45) is 0 Å². The molecule has 2 heteroatoms. The Bertz CT molecular complexity index is 533. The van der Waals surface area contributed by atoms with Crippen molar-refractivity contribution in [3.8, 4) is 0 Å². The fourth-order valence-electron chi connectivity index (χ4n) is 2.67. The van der Waals surface area contributed by atoms with Crippen molar-refractivity contribution in [3.63, 3.8) is 0 Å². The lowest BCUT2D eigenvalue weighted by Crippen LogP contribution is -2.20. The van der Waals surface area contributed by atoms with Crippen LogP contribution in [0.15, 0.2) is 48.5 Å². The van der Waals surface area contributed by atoms with Gasteiger partial charge in [-0.05, 0) is 41.8 Å². The fourth-order valence-corrected chi connectivity index (χ4v) is 2.67. The molecule has 3 rings (SSSR count). The van der Waals surface area contributed by atoms with E-state index in [0.717, 1.165) is 19.5 Å². The minimum atomic E-state index is -0.173. The lowest BCUT2D eigenvalue weighted by Gasteiger charge is -2.18. The highest BCUT2D eigenvalue weighted by Gasteiger charge is 2.19. The van der Waals surface area contributed by atoms with Gasteiger partial charge in [0.25, 0.3) is 0 Å². The number of fused-ring (bicyclic) bond motifs is 1. The van der Waals surface area contributed by atoms with Gasteiger partial charge in [0.2, 0.25) is 0 Å². The third-order valence-corrected chi connectivity index (χ3v) is 3.62. The first-order valence-corrected chi connectivity index (χ1v) is 6.38. The Labute approximate surface area is 107 Å². The summed E-state index contributed by atoms with van der Waals surface area (Å²) in [7, 11) is 0. The molecule has 0 fully saturated rings. The minimum absolute atomic E-state index is 0.173. The molecule has 0 aliphatic carbocycles. The first-order chi connectivity index (χ1) is 8.84. The average molecular weight is 241 g/mol. The summed E-state index contributed by atoms with van der Waals surface area (Å²) in [5.74, 6) is 0.151. The maximum Gasteiger partial charge on any atom is 0.123 e. The summed E-state index contributed by atoms with van der Waals surface area (Å²) in [4.78, 5) is 0. The molecular weight excluding hydrogens is 225 g/mol. The van der Waals surface area contributed by atoms with E-state index in [-0.39, 0.29) is 5.82 Å². The van der Waals surface area contributed by atoms with Gasteiger partial charge in [0.05, 0.1) is 0 Å². The summed E-state index contributed by atoms with van der Waals surface area (Å²) in [6.07, 6.45) is 1.06. The minimum Gasteiger partial charge on any atom is -0.315 e. The quantitative estimate of drug-likeness (QED) is 0.809. The van der Waals surface area contributed by atoms with Crippen molar-refractivity contribution in [1.29, 1.82) is 0 Å². The van der Waals surface area contributed by atoms with Crippen molar-refractivity contribution in [2.75, 3.05) is 13.1 Å². The van der Waals surface area contributed by atoms with Gasteiger partial charge < -0.3 is 5.32 Å². The van der Waals surface area contributed by atoms with E-state index in [0.29, 0.717) is 5.92 Å². The molecule has 0 amide bonds. The highest BCUT2D eigenvalue weighted by Crippen LogP contribution is 2.28. The summed E-state index contributed by atoms with van der Waals surface area (Å²) >= 11 is 0. The van der Waals surface area contributed by atoms with E-state index in [1.54, 1.807) is 12.1 Å². The Morgan fingerprint density at radius 1 is 1.00 bits per heavy atom. The van der Waals surface area contributed by atoms with Gasteiger partial charge in [-0.1, -0.05) is 36.4 Å². The molecule has 1 heterocycles. The summed E-state index contributed by atoms with van der Waals surface area (Å²) in [5, 5.41) is 3.46. The maximum absolute atomic E-state index is 13.0. The zero-order valence-corrected chi connectivity index (χ0v) is 10.2. The highest BCUT2D eigenvalue weighted by atomic mass is 19.1. The van der Waals surface area contributed by atoms with Gasteiger partial charge in [-0.25, -0.2) is 4.39 Å². The van der Waals surface area contributed by atoms with Crippen LogP contribution in [0.2, 0.25) is 0 Å². The average Bonchev–Trinajstić information content (AvgIpc) is 2.62. The standard InChI is InChI=1S/C16H16FN/c17-14-7-5-13(6-8-14)16-11-18-10-9-12-3-1-2-4-15(12)16/h1-8,16,18H,9-11H2/t16-/m1/s1. The number of benzene rings is 2. The van der Waals surface area contributed by atoms with Crippen molar-refractivity contribution in [1.82, 2.24) is 5.32 Å². The second kappa shape index (κ2) is 4.91. The number of halogens is 1. The molecule has 1 nitrogen and oxygen atoms in total.